The van der Waals surface area contributed by atoms with Crippen molar-refractivity contribution in [3.8, 4) is 0 Å². The van der Waals surface area contributed by atoms with Crippen LogP contribution >= 0.6 is 0 Å². The maximum absolute atomic E-state index is 4.65. The molecule has 0 radical (unpaired) electrons. The zero-order valence-electron chi connectivity index (χ0n) is 12.4. The highest BCUT2D eigenvalue weighted by Gasteiger charge is 2.03. The average Bonchev–Trinajstić information content (AvgIpc) is 2.46. The highest BCUT2D eigenvalue weighted by molar-refractivity contribution is 5.16. The number of benzene rings is 1. The Balaban J connectivity index is 1.97. The third kappa shape index (κ3) is 4.74. The van der Waals surface area contributed by atoms with Gasteiger partial charge in [0.15, 0.2) is 0 Å². The minimum absolute atomic E-state index is 0.829. The van der Waals surface area contributed by atoms with Gasteiger partial charge in [-0.2, -0.15) is 0 Å². The molecule has 2 rings (SSSR count). The summed E-state index contributed by atoms with van der Waals surface area (Å²) < 4.78 is 0. The standard InChI is InChI=1S/C17H23N3/c1-3-11-18-13-16-12-14(2)19-17(20-16)10-9-15-7-5-4-6-8-15/h4-8,12,18H,3,9-11,13H2,1-2H3. The van der Waals surface area contributed by atoms with Crippen molar-refractivity contribution in [2.45, 2.75) is 39.7 Å². The van der Waals surface area contributed by atoms with Crippen LogP contribution in [0.25, 0.3) is 0 Å². The lowest BCUT2D eigenvalue weighted by Gasteiger charge is -2.07. The van der Waals surface area contributed by atoms with Gasteiger partial charge in [0, 0.05) is 18.7 Å². The lowest BCUT2D eigenvalue weighted by Crippen LogP contribution is -2.16. The summed E-state index contributed by atoms with van der Waals surface area (Å²) in [4.78, 5) is 9.19. The molecule has 1 aromatic carbocycles. The molecule has 0 unspecified atom stereocenters. The predicted molar refractivity (Wildman–Crippen MR) is 82.6 cm³/mol. The van der Waals surface area contributed by atoms with Gasteiger partial charge in [0.1, 0.15) is 5.82 Å². The molecule has 0 bridgehead atoms. The molecule has 106 valence electrons. The first kappa shape index (κ1) is 14.7. The second kappa shape index (κ2) is 7.75. The van der Waals surface area contributed by atoms with E-state index in [-0.39, 0.29) is 0 Å². The van der Waals surface area contributed by atoms with Gasteiger partial charge >= 0.3 is 0 Å². The van der Waals surface area contributed by atoms with E-state index in [1.54, 1.807) is 0 Å². The minimum Gasteiger partial charge on any atom is -0.311 e. The quantitative estimate of drug-likeness (QED) is 0.785. The number of hydrogen-bond donors (Lipinski definition) is 1. The van der Waals surface area contributed by atoms with E-state index in [0.717, 1.165) is 49.6 Å². The van der Waals surface area contributed by atoms with E-state index in [2.05, 4.69) is 52.5 Å². The molecule has 0 fully saturated rings. The van der Waals surface area contributed by atoms with Gasteiger partial charge in [-0.25, -0.2) is 9.97 Å². The molecule has 1 aromatic heterocycles. The van der Waals surface area contributed by atoms with Crippen LogP contribution in [0.5, 0.6) is 0 Å². The molecule has 0 aliphatic heterocycles. The summed E-state index contributed by atoms with van der Waals surface area (Å²) in [7, 11) is 0. The molecule has 0 spiro atoms. The first-order valence-corrected chi connectivity index (χ1v) is 7.36. The van der Waals surface area contributed by atoms with Crippen LogP contribution < -0.4 is 5.32 Å². The van der Waals surface area contributed by atoms with Crippen molar-refractivity contribution in [2.75, 3.05) is 6.54 Å². The molecule has 0 saturated heterocycles. The van der Waals surface area contributed by atoms with Crippen LogP contribution in [0.4, 0.5) is 0 Å². The third-order valence-corrected chi connectivity index (χ3v) is 3.17. The van der Waals surface area contributed by atoms with Crippen molar-refractivity contribution >= 4 is 0 Å². The summed E-state index contributed by atoms with van der Waals surface area (Å²) in [5, 5.41) is 3.39. The Labute approximate surface area is 121 Å². The fourth-order valence-electron chi connectivity index (χ4n) is 2.20. The Morgan fingerprint density at radius 1 is 1.05 bits per heavy atom. The molecule has 0 amide bonds. The van der Waals surface area contributed by atoms with Crippen LogP contribution in [-0.4, -0.2) is 16.5 Å². The van der Waals surface area contributed by atoms with Crippen molar-refractivity contribution in [1.82, 2.24) is 15.3 Å². The first-order chi connectivity index (χ1) is 9.78. The summed E-state index contributed by atoms with van der Waals surface area (Å²) in [5.41, 5.74) is 3.48. The van der Waals surface area contributed by atoms with E-state index in [4.69, 9.17) is 0 Å². The lowest BCUT2D eigenvalue weighted by molar-refractivity contribution is 0.656. The van der Waals surface area contributed by atoms with Gasteiger partial charge in [-0.1, -0.05) is 37.3 Å². The third-order valence-electron chi connectivity index (χ3n) is 3.17. The fraction of sp³-hybridized carbons (Fsp3) is 0.412. The maximum Gasteiger partial charge on any atom is 0.129 e. The maximum atomic E-state index is 4.65. The van der Waals surface area contributed by atoms with Crippen molar-refractivity contribution in [3.05, 3.63) is 59.2 Å². The smallest absolute Gasteiger partial charge is 0.129 e. The molecule has 2 aromatic rings. The van der Waals surface area contributed by atoms with E-state index in [0.29, 0.717) is 0 Å². The van der Waals surface area contributed by atoms with Gasteiger partial charge in [0.05, 0.1) is 5.69 Å². The molecule has 0 saturated carbocycles. The highest BCUT2D eigenvalue weighted by atomic mass is 14.9. The second-order valence-electron chi connectivity index (χ2n) is 5.08. The zero-order valence-corrected chi connectivity index (χ0v) is 12.4. The van der Waals surface area contributed by atoms with Crippen molar-refractivity contribution < 1.29 is 0 Å². The monoisotopic (exact) mass is 269 g/mol. The Kier molecular flexibility index (Phi) is 5.69. The summed E-state index contributed by atoms with van der Waals surface area (Å²) >= 11 is 0. The van der Waals surface area contributed by atoms with Crippen LogP contribution in [0.3, 0.4) is 0 Å². The van der Waals surface area contributed by atoms with Crippen LogP contribution in [0.1, 0.15) is 36.1 Å². The summed E-state index contributed by atoms with van der Waals surface area (Å²) in [6.07, 6.45) is 3.03. The molecule has 3 nitrogen and oxygen atoms in total. The molecule has 20 heavy (non-hydrogen) atoms. The van der Waals surface area contributed by atoms with Crippen LogP contribution in [-0.2, 0) is 19.4 Å². The van der Waals surface area contributed by atoms with E-state index in [1.807, 2.05) is 13.0 Å². The number of aryl methyl sites for hydroxylation is 3. The summed E-state index contributed by atoms with van der Waals surface area (Å²) in [6, 6.07) is 12.6. The number of aromatic nitrogens is 2. The topological polar surface area (TPSA) is 37.8 Å². The molecular weight excluding hydrogens is 246 g/mol. The van der Waals surface area contributed by atoms with Crippen molar-refractivity contribution in [1.29, 1.82) is 0 Å². The molecule has 0 aliphatic rings. The zero-order chi connectivity index (χ0) is 14.2. The normalized spacial score (nSPS) is 10.7. The Hall–Kier alpha value is -1.74. The van der Waals surface area contributed by atoms with E-state index in [1.165, 1.54) is 5.56 Å². The van der Waals surface area contributed by atoms with Gasteiger partial charge in [0.2, 0.25) is 0 Å². The van der Waals surface area contributed by atoms with Gasteiger partial charge in [0.25, 0.3) is 0 Å². The number of nitrogens with one attached hydrogen (secondary N) is 1. The Morgan fingerprint density at radius 2 is 1.85 bits per heavy atom. The molecule has 0 aliphatic carbocycles. The minimum atomic E-state index is 0.829. The van der Waals surface area contributed by atoms with Crippen LogP contribution in [0, 0.1) is 6.92 Å². The lowest BCUT2D eigenvalue weighted by atomic mass is 10.1. The Morgan fingerprint density at radius 3 is 2.60 bits per heavy atom. The van der Waals surface area contributed by atoms with Gasteiger partial charge in [-0.05, 0) is 37.9 Å². The summed E-state index contributed by atoms with van der Waals surface area (Å²) in [6.45, 7) is 6.07. The van der Waals surface area contributed by atoms with Crippen molar-refractivity contribution in [3.63, 3.8) is 0 Å². The second-order valence-corrected chi connectivity index (χ2v) is 5.08. The van der Waals surface area contributed by atoms with E-state index in [9.17, 15) is 0 Å². The molecule has 0 atom stereocenters. The predicted octanol–water partition coefficient (Wildman–Crippen LogP) is 3.07. The van der Waals surface area contributed by atoms with E-state index >= 15 is 0 Å². The van der Waals surface area contributed by atoms with Crippen molar-refractivity contribution in [2.24, 2.45) is 0 Å². The van der Waals surface area contributed by atoms with Crippen LogP contribution in [0.15, 0.2) is 36.4 Å². The molecule has 1 N–H and O–H groups in total. The average molecular weight is 269 g/mol. The van der Waals surface area contributed by atoms with Crippen LogP contribution in [0.2, 0.25) is 0 Å². The highest BCUT2D eigenvalue weighted by Crippen LogP contribution is 2.06. The Bertz CT molecular complexity index is 523. The number of nitrogens with zero attached hydrogens (tertiary/aromatic N) is 2. The molecule has 1 heterocycles. The first-order valence-electron chi connectivity index (χ1n) is 7.36. The van der Waals surface area contributed by atoms with Gasteiger partial charge in [-0.15, -0.1) is 0 Å². The van der Waals surface area contributed by atoms with E-state index < -0.39 is 0 Å². The SMILES string of the molecule is CCCNCc1cc(C)nc(CCc2ccccc2)n1. The number of rotatable bonds is 7. The largest absolute Gasteiger partial charge is 0.311 e. The fourth-order valence-corrected chi connectivity index (χ4v) is 2.20. The van der Waals surface area contributed by atoms with Gasteiger partial charge in [-0.3, -0.25) is 0 Å². The summed E-state index contributed by atoms with van der Waals surface area (Å²) in [5.74, 6) is 0.946. The number of hydrogen-bond acceptors (Lipinski definition) is 3. The van der Waals surface area contributed by atoms with Gasteiger partial charge < -0.3 is 5.32 Å². The molecular formula is C17H23N3. The molecule has 3 heteroatoms.